The van der Waals surface area contributed by atoms with E-state index in [2.05, 4.69) is 10.6 Å². The van der Waals surface area contributed by atoms with Gasteiger partial charge in [0.1, 0.15) is 5.75 Å². The molecule has 0 aliphatic carbocycles. The van der Waals surface area contributed by atoms with Gasteiger partial charge in [0.2, 0.25) is 5.91 Å². The van der Waals surface area contributed by atoms with Crippen molar-refractivity contribution in [3.05, 3.63) is 53.6 Å². The van der Waals surface area contributed by atoms with Crippen molar-refractivity contribution in [2.75, 3.05) is 23.8 Å². The number of anilines is 2. The summed E-state index contributed by atoms with van der Waals surface area (Å²) in [6.07, 6.45) is -0.0276. The fraction of sp³-hybridized carbons (Fsp3) is 0.158. The summed E-state index contributed by atoms with van der Waals surface area (Å²) < 4.78 is 5.30. The Morgan fingerprint density at radius 1 is 1.07 bits per heavy atom. The van der Waals surface area contributed by atoms with E-state index in [0.29, 0.717) is 28.3 Å². The SMILES string of the molecule is O=C(CCN1C(=O)c2ccccc2C1=O)Nc1ccc2c(c1)OCC(=O)N2. The average molecular weight is 365 g/mol. The van der Waals surface area contributed by atoms with Crippen molar-refractivity contribution in [3.8, 4) is 5.75 Å². The minimum atomic E-state index is -0.388. The van der Waals surface area contributed by atoms with Crippen LogP contribution in [0.2, 0.25) is 0 Å². The number of nitrogens with zero attached hydrogens (tertiary/aromatic N) is 1. The fourth-order valence-electron chi connectivity index (χ4n) is 3.03. The van der Waals surface area contributed by atoms with E-state index < -0.39 is 0 Å². The van der Waals surface area contributed by atoms with Crippen molar-refractivity contribution in [1.29, 1.82) is 0 Å². The van der Waals surface area contributed by atoms with Gasteiger partial charge in [-0.05, 0) is 24.3 Å². The molecule has 0 saturated carbocycles. The minimum Gasteiger partial charge on any atom is -0.482 e. The predicted molar refractivity (Wildman–Crippen MR) is 95.6 cm³/mol. The van der Waals surface area contributed by atoms with Gasteiger partial charge in [-0.1, -0.05) is 12.1 Å². The second kappa shape index (κ2) is 6.56. The van der Waals surface area contributed by atoms with Gasteiger partial charge in [-0.2, -0.15) is 0 Å². The molecule has 0 unspecified atom stereocenters. The van der Waals surface area contributed by atoms with Gasteiger partial charge in [-0.25, -0.2) is 0 Å². The Kier molecular flexibility index (Phi) is 4.08. The number of fused-ring (bicyclic) bond motifs is 2. The highest BCUT2D eigenvalue weighted by atomic mass is 16.5. The smallest absolute Gasteiger partial charge is 0.262 e. The summed E-state index contributed by atoms with van der Waals surface area (Å²) in [5.41, 5.74) is 1.75. The highest BCUT2D eigenvalue weighted by Crippen LogP contribution is 2.30. The molecule has 4 amide bonds. The van der Waals surface area contributed by atoms with Crippen LogP contribution >= 0.6 is 0 Å². The number of carbonyl (C=O) groups excluding carboxylic acids is 4. The molecule has 8 heteroatoms. The number of rotatable bonds is 4. The van der Waals surface area contributed by atoms with Crippen LogP contribution in [0, 0.1) is 0 Å². The van der Waals surface area contributed by atoms with Crippen LogP contribution in [0.25, 0.3) is 0 Å². The fourth-order valence-corrected chi connectivity index (χ4v) is 3.03. The van der Waals surface area contributed by atoms with Crippen LogP contribution in [0.1, 0.15) is 27.1 Å². The van der Waals surface area contributed by atoms with Crippen molar-refractivity contribution in [1.82, 2.24) is 4.90 Å². The topological polar surface area (TPSA) is 105 Å². The van der Waals surface area contributed by atoms with Crippen LogP contribution in [0.3, 0.4) is 0 Å². The number of hydrogen-bond donors (Lipinski definition) is 2. The second-order valence-corrected chi connectivity index (χ2v) is 6.15. The van der Waals surface area contributed by atoms with E-state index in [1.165, 1.54) is 0 Å². The zero-order valence-electron chi connectivity index (χ0n) is 14.2. The van der Waals surface area contributed by atoms with Crippen LogP contribution in [-0.2, 0) is 9.59 Å². The van der Waals surface area contributed by atoms with E-state index >= 15 is 0 Å². The minimum absolute atomic E-state index is 0.00429. The monoisotopic (exact) mass is 365 g/mol. The molecule has 0 bridgehead atoms. The number of amides is 4. The molecule has 0 spiro atoms. The third-order valence-corrected chi connectivity index (χ3v) is 4.34. The van der Waals surface area contributed by atoms with E-state index in [1.54, 1.807) is 42.5 Å². The van der Waals surface area contributed by atoms with Crippen LogP contribution in [0.4, 0.5) is 11.4 Å². The summed E-state index contributed by atoms with van der Waals surface area (Å²) in [5.74, 6) is -0.887. The van der Waals surface area contributed by atoms with E-state index in [1.807, 2.05) is 0 Å². The first kappa shape index (κ1) is 16.8. The van der Waals surface area contributed by atoms with Crippen molar-refractivity contribution >= 4 is 35.0 Å². The lowest BCUT2D eigenvalue weighted by Crippen LogP contribution is -2.32. The molecular formula is C19H15N3O5. The normalized spacial score (nSPS) is 15.0. The first-order chi connectivity index (χ1) is 13.0. The largest absolute Gasteiger partial charge is 0.482 e. The van der Waals surface area contributed by atoms with Gasteiger partial charge in [0, 0.05) is 24.7 Å². The van der Waals surface area contributed by atoms with Crippen LogP contribution in [0.5, 0.6) is 5.75 Å². The number of ether oxygens (including phenoxy) is 1. The summed E-state index contributed by atoms with van der Waals surface area (Å²) in [4.78, 5) is 49.1. The van der Waals surface area contributed by atoms with Gasteiger partial charge < -0.3 is 15.4 Å². The summed E-state index contributed by atoms with van der Waals surface area (Å²) in [6, 6.07) is 11.5. The Labute approximate surface area is 154 Å². The predicted octanol–water partition coefficient (Wildman–Crippen LogP) is 1.64. The quantitative estimate of drug-likeness (QED) is 0.802. The summed E-state index contributed by atoms with van der Waals surface area (Å²) >= 11 is 0. The van der Waals surface area contributed by atoms with Crippen molar-refractivity contribution in [2.45, 2.75) is 6.42 Å². The Hall–Kier alpha value is -3.68. The van der Waals surface area contributed by atoms with E-state index in [-0.39, 0.29) is 43.2 Å². The van der Waals surface area contributed by atoms with Crippen LogP contribution < -0.4 is 15.4 Å². The third-order valence-electron chi connectivity index (χ3n) is 4.34. The molecule has 0 atom stereocenters. The number of hydrogen-bond acceptors (Lipinski definition) is 5. The zero-order valence-corrected chi connectivity index (χ0v) is 14.2. The van der Waals surface area contributed by atoms with Gasteiger partial charge in [0.25, 0.3) is 17.7 Å². The van der Waals surface area contributed by atoms with Gasteiger partial charge in [-0.15, -0.1) is 0 Å². The Bertz CT molecular complexity index is 950. The first-order valence-corrected chi connectivity index (χ1v) is 8.35. The molecule has 8 nitrogen and oxygen atoms in total. The molecule has 4 rings (SSSR count). The zero-order chi connectivity index (χ0) is 19.0. The summed E-state index contributed by atoms with van der Waals surface area (Å²) in [5, 5.41) is 5.36. The summed E-state index contributed by atoms with van der Waals surface area (Å²) in [7, 11) is 0. The maximum Gasteiger partial charge on any atom is 0.262 e. The molecule has 2 aromatic carbocycles. The second-order valence-electron chi connectivity index (χ2n) is 6.15. The molecule has 27 heavy (non-hydrogen) atoms. The molecule has 0 saturated heterocycles. The molecule has 2 N–H and O–H groups in total. The molecule has 136 valence electrons. The first-order valence-electron chi connectivity index (χ1n) is 8.35. The van der Waals surface area contributed by atoms with Gasteiger partial charge in [0.15, 0.2) is 6.61 Å². The highest BCUT2D eigenvalue weighted by Gasteiger charge is 2.34. The average Bonchev–Trinajstić information content (AvgIpc) is 2.91. The lowest BCUT2D eigenvalue weighted by molar-refractivity contribution is -0.118. The Morgan fingerprint density at radius 2 is 1.78 bits per heavy atom. The van der Waals surface area contributed by atoms with Gasteiger partial charge in [0.05, 0.1) is 16.8 Å². The molecule has 2 aliphatic rings. The van der Waals surface area contributed by atoms with Crippen molar-refractivity contribution < 1.29 is 23.9 Å². The highest BCUT2D eigenvalue weighted by molar-refractivity contribution is 6.21. The lowest BCUT2D eigenvalue weighted by Gasteiger charge is -2.19. The van der Waals surface area contributed by atoms with E-state index in [0.717, 1.165) is 4.90 Å². The number of carbonyl (C=O) groups is 4. The molecule has 0 aromatic heterocycles. The number of imide groups is 1. The molecular weight excluding hydrogens is 350 g/mol. The van der Waals surface area contributed by atoms with Gasteiger partial charge >= 0.3 is 0 Å². The van der Waals surface area contributed by atoms with E-state index in [4.69, 9.17) is 4.74 Å². The summed E-state index contributed by atoms with van der Waals surface area (Å²) in [6.45, 7) is -0.0835. The standard InChI is InChI=1S/C19H15N3O5/c23-16(20-11-5-6-14-15(9-11)27-10-17(24)21-14)7-8-22-18(25)12-3-1-2-4-13(12)19(22)26/h1-6,9H,7-8,10H2,(H,20,23)(H,21,24). The van der Waals surface area contributed by atoms with Crippen molar-refractivity contribution in [3.63, 3.8) is 0 Å². The van der Waals surface area contributed by atoms with Crippen molar-refractivity contribution in [2.24, 2.45) is 0 Å². The maximum absolute atomic E-state index is 12.3. The molecule has 2 aliphatic heterocycles. The van der Waals surface area contributed by atoms with Crippen LogP contribution in [0.15, 0.2) is 42.5 Å². The van der Waals surface area contributed by atoms with Gasteiger partial charge in [-0.3, -0.25) is 24.1 Å². The maximum atomic E-state index is 12.3. The Balaban J connectivity index is 1.38. The number of nitrogens with one attached hydrogen (secondary N) is 2. The number of benzene rings is 2. The van der Waals surface area contributed by atoms with Crippen LogP contribution in [-0.4, -0.2) is 41.7 Å². The molecule has 2 aromatic rings. The molecule has 2 heterocycles. The molecule has 0 fully saturated rings. The third kappa shape index (κ3) is 3.12. The molecule has 0 radical (unpaired) electrons. The lowest BCUT2D eigenvalue weighted by atomic mass is 10.1. The Morgan fingerprint density at radius 3 is 2.48 bits per heavy atom. The van der Waals surface area contributed by atoms with E-state index in [9.17, 15) is 19.2 Å².